The highest BCUT2D eigenvalue weighted by Crippen LogP contribution is 2.17. The van der Waals surface area contributed by atoms with Crippen molar-refractivity contribution in [3.05, 3.63) is 17.5 Å². The van der Waals surface area contributed by atoms with Crippen LogP contribution in [0, 0.1) is 6.92 Å². The van der Waals surface area contributed by atoms with E-state index < -0.39 is 5.97 Å². The van der Waals surface area contributed by atoms with E-state index in [0.717, 1.165) is 11.8 Å². The molecule has 10 heteroatoms. The van der Waals surface area contributed by atoms with Gasteiger partial charge in [-0.2, -0.15) is 4.98 Å². The van der Waals surface area contributed by atoms with E-state index in [-0.39, 0.29) is 12.4 Å². The molecule has 2 rings (SSSR count). The van der Waals surface area contributed by atoms with Gasteiger partial charge in [0.2, 0.25) is 5.89 Å². The number of carboxylic acid groups (broad SMARTS) is 1. The Morgan fingerprint density at radius 3 is 2.85 bits per heavy atom. The highest BCUT2D eigenvalue weighted by Gasteiger charge is 2.14. The molecule has 0 fully saturated rings. The van der Waals surface area contributed by atoms with Gasteiger partial charge in [-0.15, -0.1) is 10.2 Å². The second-order valence-corrected chi connectivity index (χ2v) is 4.82. The van der Waals surface area contributed by atoms with Gasteiger partial charge in [0.1, 0.15) is 6.61 Å². The zero-order valence-corrected chi connectivity index (χ0v) is 11.5. The molecule has 108 valence electrons. The molecule has 0 saturated heterocycles. The van der Waals surface area contributed by atoms with Crippen LogP contribution in [0.1, 0.15) is 17.5 Å². The molecular weight excluding hydrogens is 286 g/mol. The van der Waals surface area contributed by atoms with Gasteiger partial charge >= 0.3 is 5.97 Å². The molecule has 0 aliphatic rings. The molecule has 0 aromatic carbocycles. The number of carboxylic acids is 1. The number of aryl methyl sites for hydroxylation is 2. The monoisotopic (exact) mass is 299 g/mol. The molecule has 2 aromatic heterocycles. The molecule has 0 unspecified atom stereocenters. The van der Waals surface area contributed by atoms with E-state index in [1.54, 1.807) is 11.5 Å². The summed E-state index contributed by atoms with van der Waals surface area (Å²) in [5.74, 6) is 0.320. The van der Waals surface area contributed by atoms with Crippen molar-refractivity contribution in [1.82, 2.24) is 24.9 Å². The zero-order valence-electron chi connectivity index (χ0n) is 10.7. The number of carbonyl (C=O) groups is 1. The number of hydrogen-bond acceptors (Lipinski definition) is 8. The Kier molecular flexibility index (Phi) is 4.69. The first-order chi connectivity index (χ1) is 9.60. The molecule has 0 radical (unpaired) electrons. The fourth-order valence-corrected chi connectivity index (χ4v) is 2.25. The number of aliphatic carboxylic acids is 1. The van der Waals surface area contributed by atoms with Crippen molar-refractivity contribution in [2.75, 3.05) is 5.75 Å². The quantitative estimate of drug-likeness (QED) is 0.672. The third-order valence-electron chi connectivity index (χ3n) is 2.38. The molecule has 0 bridgehead atoms. The predicted octanol–water partition coefficient (Wildman–Crippen LogP) is -0.119. The molecular formula is C10H13N5O4S. The van der Waals surface area contributed by atoms with Gasteiger partial charge in [-0.3, -0.25) is 4.79 Å². The van der Waals surface area contributed by atoms with E-state index in [2.05, 4.69) is 20.3 Å². The maximum atomic E-state index is 10.6. The smallest absolute Gasteiger partial charge is 0.313 e. The lowest BCUT2D eigenvalue weighted by atomic mass is 10.4. The van der Waals surface area contributed by atoms with E-state index in [9.17, 15) is 9.90 Å². The Hall–Kier alpha value is -1.94. The highest BCUT2D eigenvalue weighted by atomic mass is 32.2. The maximum Gasteiger partial charge on any atom is 0.313 e. The molecule has 9 nitrogen and oxygen atoms in total. The number of rotatable bonds is 7. The van der Waals surface area contributed by atoms with Gasteiger partial charge in [0.05, 0.1) is 5.75 Å². The van der Waals surface area contributed by atoms with E-state index in [1.165, 1.54) is 0 Å². The van der Waals surface area contributed by atoms with E-state index in [4.69, 9.17) is 9.63 Å². The number of aliphatic hydroxyl groups excluding tert-OH is 1. The van der Waals surface area contributed by atoms with Gasteiger partial charge in [-0.1, -0.05) is 16.9 Å². The average molecular weight is 299 g/mol. The molecule has 0 atom stereocenters. The normalized spacial score (nSPS) is 10.9. The van der Waals surface area contributed by atoms with Crippen LogP contribution in [0.4, 0.5) is 0 Å². The Morgan fingerprint density at radius 1 is 1.45 bits per heavy atom. The van der Waals surface area contributed by atoms with Crippen LogP contribution in [0.2, 0.25) is 0 Å². The summed E-state index contributed by atoms with van der Waals surface area (Å²) in [7, 11) is 0. The summed E-state index contributed by atoms with van der Waals surface area (Å²) >= 11 is 1.04. The first-order valence-corrected chi connectivity index (χ1v) is 6.75. The largest absolute Gasteiger partial charge is 0.481 e. The van der Waals surface area contributed by atoms with Gasteiger partial charge in [0.15, 0.2) is 16.8 Å². The van der Waals surface area contributed by atoms with Crippen LogP contribution in [-0.2, 0) is 24.4 Å². The molecule has 2 N–H and O–H groups in total. The van der Waals surface area contributed by atoms with E-state index in [0.29, 0.717) is 35.7 Å². The molecule has 0 amide bonds. The van der Waals surface area contributed by atoms with Crippen molar-refractivity contribution in [2.45, 2.75) is 31.7 Å². The summed E-state index contributed by atoms with van der Waals surface area (Å²) in [6, 6.07) is 0. The van der Waals surface area contributed by atoms with Crippen LogP contribution >= 0.6 is 11.8 Å². The van der Waals surface area contributed by atoms with Crippen molar-refractivity contribution in [3.8, 4) is 0 Å². The van der Waals surface area contributed by atoms with Crippen molar-refractivity contribution in [3.63, 3.8) is 0 Å². The zero-order chi connectivity index (χ0) is 14.5. The first kappa shape index (κ1) is 14.5. The second kappa shape index (κ2) is 6.48. The minimum atomic E-state index is -0.942. The number of aromatic nitrogens is 5. The summed E-state index contributed by atoms with van der Waals surface area (Å²) in [5, 5.41) is 29.7. The van der Waals surface area contributed by atoms with Crippen molar-refractivity contribution in [2.24, 2.45) is 0 Å². The van der Waals surface area contributed by atoms with Crippen molar-refractivity contribution >= 4 is 17.7 Å². The third-order valence-corrected chi connectivity index (χ3v) is 3.33. The summed E-state index contributed by atoms with van der Waals surface area (Å²) in [6.45, 7) is 1.87. The molecule has 2 heterocycles. The number of nitrogens with zero attached hydrogens (tertiary/aromatic N) is 5. The molecule has 0 saturated carbocycles. The van der Waals surface area contributed by atoms with Gasteiger partial charge in [0, 0.05) is 13.0 Å². The van der Waals surface area contributed by atoms with Gasteiger partial charge in [0.25, 0.3) is 0 Å². The van der Waals surface area contributed by atoms with E-state index >= 15 is 0 Å². The topological polar surface area (TPSA) is 127 Å². The average Bonchev–Trinajstić information content (AvgIpc) is 2.99. The Balaban J connectivity index is 2.07. The molecule has 2 aromatic rings. The molecule has 0 spiro atoms. The third kappa shape index (κ3) is 3.54. The van der Waals surface area contributed by atoms with Crippen LogP contribution in [-0.4, -0.2) is 46.8 Å². The lowest BCUT2D eigenvalue weighted by Gasteiger charge is -2.06. The number of hydrogen-bond donors (Lipinski definition) is 2. The second-order valence-electron chi connectivity index (χ2n) is 3.88. The minimum absolute atomic E-state index is 0.122. The lowest BCUT2D eigenvalue weighted by Crippen LogP contribution is -2.09. The van der Waals surface area contributed by atoms with Crippen molar-refractivity contribution < 1.29 is 19.5 Å². The predicted molar refractivity (Wildman–Crippen MR) is 67.0 cm³/mol. The fourth-order valence-electron chi connectivity index (χ4n) is 1.54. The summed E-state index contributed by atoms with van der Waals surface area (Å²) in [4.78, 5) is 14.7. The molecule has 20 heavy (non-hydrogen) atoms. The molecule has 0 aliphatic carbocycles. The summed E-state index contributed by atoms with van der Waals surface area (Å²) < 4.78 is 6.64. The highest BCUT2D eigenvalue weighted by molar-refractivity contribution is 7.99. The number of aliphatic hydroxyl groups is 1. The van der Waals surface area contributed by atoms with Crippen LogP contribution < -0.4 is 0 Å². The summed E-state index contributed by atoms with van der Waals surface area (Å²) in [5.41, 5.74) is 0. The van der Waals surface area contributed by atoms with Gasteiger partial charge in [-0.05, 0) is 6.92 Å². The Morgan fingerprint density at radius 2 is 2.25 bits per heavy atom. The standard InChI is InChI=1S/C10H13N5O4S/c1-6-11-8(19-14-6)2-3-15-7(4-16)12-13-10(15)20-5-9(17)18/h16H,2-5H2,1H3,(H,17,18). The SMILES string of the molecule is Cc1noc(CCn2c(CO)nnc2SCC(=O)O)n1. The first-order valence-electron chi connectivity index (χ1n) is 5.77. The number of thioether (sulfide) groups is 1. The van der Waals surface area contributed by atoms with Crippen LogP contribution in [0.3, 0.4) is 0 Å². The summed E-state index contributed by atoms with van der Waals surface area (Å²) in [6.07, 6.45) is 0.451. The van der Waals surface area contributed by atoms with Crippen molar-refractivity contribution in [1.29, 1.82) is 0 Å². The molecule has 0 aliphatic heterocycles. The fraction of sp³-hybridized carbons (Fsp3) is 0.500. The van der Waals surface area contributed by atoms with Crippen LogP contribution in [0.25, 0.3) is 0 Å². The van der Waals surface area contributed by atoms with E-state index in [1.807, 2.05) is 0 Å². The Labute approximate surface area is 118 Å². The lowest BCUT2D eigenvalue weighted by molar-refractivity contribution is -0.133. The van der Waals surface area contributed by atoms with Crippen LogP contribution in [0.5, 0.6) is 0 Å². The van der Waals surface area contributed by atoms with Gasteiger partial charge < -0.3 is 19.3 Å². The maximum absolute atomic E-state index is 10.6. The van der Waals surface area contributed by atoms with Crippen LogP contribution in [0.15, 0.2) is 9.68 Å². The minimum Gasteiger partial charge on any atom is -0.481 e. The Bertz CT molecular complexity index is 596. The van der Waals surface area contributed by atoms with Gasteiger partial charge in [-0.25, -0.2) is 0 Å².